The fourth-order valence-corrected chi connectivity index (χ4v) is 5.23. The van der Waals surface area contributed by atoms with Crippen molar-refractivity contribution in [3.8, 4) is 28.1 Å². The van der Waals surface area contributed by atoms with E-state index in [1.54, 1.807) is 24.3 Å². The Morgan fingerprint density at radius 2 is 1.70 bits per heavy atom. The molecule has 1 heterocycles. The number of amides is 1. The van der Waals surface area contributed by atoms with Crippen LogP contribution >= 0.6 is 35.0 Å². The van der Waals surface area contributed by atoms with Gasteiger partial charge >= 0.3 is 5.97 Å². The van der Waals surface area contributed by atoms with Crippen LogP contribution in [-0.4, -0.2) is 33.9 Å². The van der Waals surface area contributed by atoms with E-state index in [1.165, 1.54) is 11.8 Å². The number of carboxylic acid groups (broad SMARTS) is 1. The molecule has 2 N–H and O–H groups in total. The van der Waals surface area contributed by atoms with Crippen LogP contribution in [0.4, 0.5) is 5.69 Å². The summed E-state index contributed by atoms with van der Waals surface area (Å²) >= 11 is 14.4. The normalized spacial score (nSPS) is 10.8. The Morgan fingerprint density at radius 1 is 0.973 bits per heavy atom. The summed E-state index contributed by atoms with van der Waals surface area (Å²) in [5, 5.41) is 12.7. The Morgan fingerprint density at radius 3 is 2.38 bits per heavy atom. The average Bonchev–Trinajstić information content (AvgIpc) is 3.23. The van der Waals surface area contributed by atoms with E-state index in [-0.39, 0.29) is 11.7 Å². The number of hydrogen-bond donors (Lipinski definition) is 2. The Balaban J connectivity index is 1.40. The van der Waals surface area contributed by atoms with Gasteiger partial charge in [-0.05, 0) is 60.0 Å². The molecule has 1 amide bonds. The SMILES string of the molecule is Cc1ccc(-c2c(SCC(=O)Nc3ccc(-c4ccc(OCC(=O)O)cc4)cc3Cl)ccn2C)c(Cl)c1. The first kappa shape index (κ1) is 26.7. The summed E-state index contributed by atoms with van der Waals surface area (Å²) in [6.07, 6.45) is 1.95. The summed E-state index contributed by atoms with van der Waals surface area (Å²) < 4.78 is 7.16. The summed E-state index contributed by atoms with van der Waals surface area (Å²) in [6.45, 7) is 1.59. The van der Waals surface area contributed by atoms with Crippen molar-refractivity contribution < 1.29 is 19.4 Å². The summed E-state index contributed by atoms with van der Waals surface area (Å²) in [6, 6.07) is 20.3. The van der Waals surface area contributed by atoms with E-state index >= 15 is 0 Å². The van der Waals surface area contributed by atoms with E-state index < -0.39 is 12.6 Å². The Kier molecular flexibility index (Phi) is 8.48. The summed E-state index contributed by atoms with van der Waals surface area (Å²) in [5.41, 5.74) is 5.22. The van der Waals surface area contributed by atoms with Crippen LogP contribution in [0, 0.1) is 6.92 Å². The number of hydrogen-bond acceptors (Lipinski definition) is 4. The molecule has 0 atom stereocenters. The van der Waals surface area contributed by atoms with Gasteiger partial charge in [0.05, 0.1) is 27.2 Å². The highest BCUT2D eigenvalue weighted by molar-refractivity contribution is 8.00. The number of carbonyl (C=O) groups excluding carboxylic acids is 1. The third-order valence-corrected chi connectivity index (χ3v) is 7.24. The summed E-state index contributed by atoms with van der Waals surface area (Å²) in [5.74, 6) is -0.544. The van der Waals surface area contributed by atoms with Crippen molar-refractivity contribution in [2.24, 2.45) is 7.05 Å². The number of carbonyl (C=O) groups is 2. The zero-order valence-corrected chi connectivity index (χ0v) is 22.5. The van der Waals surface area contributed by atoms with Crippen molar-refractivity contribution >= 4 is 52.5 Å². The number of aryl methyl sites for hydroxylation is 2. The van der Waals surface area contributed by atoms with Crippen LogP contribution in [0.2, 0.25) is 10.0 Å². The molecule has 6 nitrogen and oxygen atoms in total. The highest BCUT2D eigenvalue weighted by Crippen LogP contribution is 2.37. The van der Waals surface area contributed by atoms with Gasteiger partial charge in [-0.1, -0.05) is 53.5 Å². The molecular weight excluding hydrogens is 531 g/mol. The van der Waals surface area contributed by atoms with E-state index in [0.717, 1.165) is 32.8 Å². The smallest absolute Gasteiger partial charge is 0.341 e. The first-order chi connectivity index (χ1) is 17.7. The Bertz CT molecular complexity index is 1450. The molecule has 0 saturated carbocycles. The standard InChI is InChI=1S/C28H24Cl2N2O4S/c1-17-3-9-21(22(29)13-17)28-25(11-12-32(28)2)37-16-26(33)31-24-10-6-19(14-23(24)30)18-4-7-20(8-5-18)36-15-27(34)35/h3-14H,15-16H2,1-2H3,(H,31,33)(H,34,35). The molecular formula is C28H24Cl2N2O4S. The van der Waals surface area contributed by atoms with Crippen LogP contribution in [-0.2, 0) is 16.6 Å². The minimum Gasteiger partial charge on any atom is -0.482 e. The lowest BCUT2D eigenvalue weighted by Crippen LogP contribution is -2.14. The largest absolute Gasteiger partial charge is 0.482 e. The quantitative estimate of drug-likeness (QED) is 0.214. The minimum absolute atomic E-state index is 0.176. The Hall–Kier alpha value is -3.39. The van der Waals surface area contributed by atoms with Crippen LogP contribution in [0.3, 0.4) is 0 Å². The van der Waals surface area contributed by atoms with Crippen LogP contribution in [0.15, 0.2) is 77.8 Å². The fraction of sp³-hybridized carbons (Fsp3) is 0.143. The second kappa shape index (κ2) is 11.8. The molecule has 0 bridgehead atoms. The molecule has 0 aliphatic heterocycles. The van der Waals surface area contributed by atoms with E-state index in [2.05, 4.69) is 5.32 Å². The van der Waals surface area contributed by atoms with E-state index in [4.69, 9.17) is 33.0 Å². The third-order valence-electron chi connectivity index (χ3n) is 5.57. The van der Waals surface area contributed by atoms with Crippen molar-refractivity contribution in [1.29, 1.82) is 0 Å². The fourth-order valence-electron chi connectivity index (χ4n) is 3.77. The molecule has 37 heavy (non-hydrogen) atoms. The molecule has 0 aliphatic carbocycles. The lowest BCUT2D eigenvalue weighted by Gasteiger charge is -2.12. The second-order valence-corrected chi connectivity index (χ2v) is 10.2. The van der Waals surface area contributed by atoms with Crippen molar-refractivity contribution in [3.05, 3.63) is 88.5 Å². The predicted octanol–water partition coefficient (Wildman–Crippen LogP) is 7.17. The number of carboxylic acids is 1. The van der Waals surface area contributed by atoms with E-state index in [9.17, 15) is 9.59 Å². The summed E-state index contributed by atoms with van der Waals surface area (Å²) in [4.78, 5) is 24.3. The number of rotatable bonds is 9. The van der Waals surface area contributed by atoms with Crippen LogP contribution in [0.1, 0.15) is 5.56 Å². The van der Waals surface area contributed by atoms with Gasteiger partial charge in [-0.25, -0.2) is 4.79 Å². The molecule has 0 fully saturated rings. The lowest BCUT2D eigenvalue weighted by atomic mass is 10.1. The molecule has 0 unspecified atom stereocenters. The molecule has 4 aromatic rings. The van der Waals surface area contributed by atoms with Gasteiger partial charge in [-0.3, -0.25) is 4.79 Å². The van der Waals surface area contributed by atoms with Crippen LogP contribution < -0.4 is 10.1 Å². The first-order valence-corrected chi connectivity index (χ1v) is 13.0. The molecule has 1 aromatic heterocycles. The number of halogens is 2. The number of aromatic nitrogens is 1. The maximum absolute atomic E-state index is 12.7. The molecule has 0 aliphatic rings. The zero-order valence-electron chi connectivity index (χ0n) is 20.1. The lowest BCUT2D eigenvalue weighted by molar-refractivity contribution is -0.139. The highest BCUT2D eigenvalue weighted by atomic mass is 35.5. The third kappa shape index (κ3) is 6.68. The monoisotopic (exact) mass is 554 g/mol. The van der Waals surface area contributed by atoms with Crippen LogP contribution in [0.5, 0.6) is 5.75 Å². The van der Waals surface area contributed by atoms with Gasteiger partial charge in [-0.15, -0.1) is 11.8 Å². The summed E-state index contributed by atoms with van der Waals surface area (Å²) in [7, 11) is 1.95. The van der Waals surface area contributed by atoms with Gasteiger partial charge in [0, 0.05) is 23.7 Å². The van der Waals surface area contributed by atoms with Crippen molar-refractivity contribution in [2.45, 2.75) is 11.8 Å². The van der Waals surface area contributed by atoms with Crippen molar-refractivity contribution in [1.82, 2.24) is 4.57 Å². The molecule has 3 aromatic carbocycles. The number of nitrogens with zero attached hydrogens (tertiary/aromatic N) is 1. The number of thioether (sulfide) groups is 1. The number of benzene rings is 3. The second-order valence-electron chi connectivity index (χ2n) is 8.36. The van der Waals surface area contributed by atoms with Gasteiger partial charge in [0.25, 0.3) is 0 Å². The topological polar surface area (TPSA) is 80.6 Å². The van der Waals surface area contributed by atoms with Crippen molar-refractivity contribution in [3.63, 3.8) is 0 Å². The van der Waals surface area contributed by atoms with E-state index in [1.807, 2.05) is 67.2 Å². The molecule has 0 spiro atoms. The van der Waals surface area contributed by atoms with Gasteiger partial charge in [-0.2, -0.15) is 0 Å². The number of anilines is 1. The Labute approximate surface area is 229 Å². The number of ether oxygens (including phenoxy) is 1. The minimum atomic E-state index is -1.04. The van der Waals surface area contributed by atoms with Gasteiger partial charge in [0.2, 0.25) is 5.91 Å². The molecule has 190 valence electrons. The molecule has 0 saturated heterocycles. The van der Waals surface area contributed by atoms with Gasteiger partial charge < -0.3 is 19.7 Å². The predicted molar refractivity (Wildman–Crippen MR) is 150 cm³/mol. The van der Waals surface area contributed by atoms with Crippen LogP contribution in [0.25, 0.3) is 22.4 Å². The number of aliphatic carboxylic acids is 1. The first-order valence-electron chi connectivity index (χ1n) is 11.3. The highest BCUT2D eigenvalue weighted by Gasteiger charge is 2.15. The van der Waals surface area contributed by atoms with Crippen molar-refractivity contribution in [2.75, 3.05) is 17.7 Å². The molecule has 4 rings (SSSR count). The maximum Gasteiger partial charge on any atom is 0.341 e. The number of nitrogens with one attached hydrogen (secondary N) is 1. The maximum atomic E-state index is 12.7. The zero-order chi connectivity index (χ0) is 26.5. The van der Waals surface area contributed by atoms with E-state index in [0.29, 0.717) is 21.5 Å². The van der Waals surface area contributed by atoms with Gasteiger partial charge in [0.1, 0.15) is 5.75 Å². The molecule has 0 radical (unpaired) electrons. The average molecular weight is 555 g/mol. The van der Waals surface area contributed by atoms with Gasteiger partial charge in [0.15, 0.2) is 6.61 Å². The molecule has 9 heteroatoms.